The summed E-state index contributed by atoms with van der Waals surface area (Å²) in [6, 6.07) is 7.33. The number of ether oxygens (including phenoxy) is 2. The maximum atomic E-state index is 11.6. The van der Waals surface area contributed by atoms with Crippen molar-refractivity contribution in [2.75, 3.05) is 18.6 Å². The maximum Gasteiger partial charge on any atom is 0.225 e. The first-order chi connectivity index (χ1) is 8.10. The number of hydrogen-bond acceptors (Lipinski definition) is 3. The highest BCUT2D eigenvalue weighted by Gasteiger charge is 2.18. The molecular weight excluding hydrogens is 218 g/mol. The van der Waals surface area contributed by atoms with Gasteiger partial charge in [0.05, 0.1) is 7.11 Å². The summed E-state index contributed by atoms with van der Waals surface area (Å²) in [5.41, 5.74) is 0.805. The molecule has 0 saturated heterocycles. The van der Waals surface area contributed by atoms with Gasteiger partial charge in [0.1, 0.15) is 12.0 Å². The van der Waals surface area contributed by atoms with Crippen LogP contribution in [-0.2, 0) is 9.53 Å². The molecule has 1 aromatic carbocycles. The highest BCUT2D eigenvalue weighted by molar-refractivity contribution is 5.91. The predicted octanol–water partition coefficient (Wildman–Crippen LogP) is 2.43. The summed E-state index contributed by atoms with van der Waals surface area (Å²) < 4.78 is 10.5. The van der Waals surface area contributed by atoms with E-state index in [1.54, 1.807) is 12.0 Å². The van der Waals surface area contributed by atoms with Crippen LogP contribution in [0.3, 0.4) is 0 Å². The van der Waals surface area contributed by atoms with Crippen molar-refractivity contribution in [1.82, 2.24) is 0 Å². The first kappa shape index (κ1) is 13.5. The van der Waals surface area contributed by atoms with Crippen LogP contribution in [0.2, 0.25) is 0 Å². The van der Waals surface area contributed by atoms with Gasteiger partial charge in [-0.25, -0.2) is 0 Å². The summed E-state index contributed by atoms with van der Waals surface area (Å²) in [7, 11) is 1.61. The molecule has 1 atom stereocenters. The third-order valence-corrected chi connectivity index (χ3v) is 2.46. The second-order valence-corrected chi connectivity index (χ2v) is 3.64. The van der Waals surface area contributed by atoms with Crippen molar-refractivity contribution < 1.29 is 14.3 Å². The third-order valence-electron chi connectivity index (χ3n) is 2.46. The van der Waals surface area contributed by atoms with E-state index < -0.39 is 0 Å². The van der Waals surface area contributed by atoms with Crippen LogP contribution in [0, 0.1) is 0 Å². The molecule has 0 N–H and O–H groups in total. The smallest absolute Gasteiger partial charge is 0.225 e. The van der Waals surface area contributed by atoms with Crippen molar-refractivity contribution in [1.29, 1.82) is 0 Å². The van der Waals surface area contributed by atoms with E-state index in [1.807, 2.05) is 38.1 Å². The van der Waals surface area contributed by atoms with Crippen LogP contribution in [0.25, 0.3) is 0 Å². The van der Waals surface area contributed by atoms with Gasteiger partial charge in [0.25, 0.3) is 0 Å². The van der Waals surface area contributed by atoms with Crippen LogP contribution in [0.5, 0.6) is 5.75 Å². The minimum atomic E-state index is -0.272. The molecule has 0 spiro atoms. The number of methoxy groups -OCH3 is 1. The molecule has 0 heterocycles. The number of hydrogen-bond donors (Lipinski definition) is 0. The molecule has 0 aliphatic heterocycles. The molecule has 94 valence electrons. The van der Waals surface area contributed by atoms with Crippen molar-refractivity contribution in [3.8, 4) is 5.75 Å². The van der Waals surface area contributed by atoms with Crippen molar-refractivity contribution in [2.24, 2.45) is 0 Å². The lowest BCUT2D eigenvalue weighted by Crippen LogP contribution is -2.38. The monoisotopic (exact) mass is 237 g/mol. The first-order valence-corrected chi connectivity index (χ1v) is 5.65. The first-order valence-electron chi connectivity index (χ1n) is 5.65. The number of carbonyl (C=O) groups is 1. The van der Waals surface area contributed by atoms with E-state index in [2.05, 4.69) is 0 Å². The summed E-state index contributed by atoms with van der Waals surface area (Å²) in [4.78, 5) is 13.2. The van der Waals surface area contributed by atoms with E-state index in [-0.39, 0.29) is 12.1 Å². The zero-order chi connectivity index (χ0) is 12.8. The van der Waals surface area contributed by atoms with Gasteiger partial charge in [0.2, 0.25) is 5.91 Å². The Hall–Kier alpha value is -1.55. The third kappa shape index (κ3) is 3.46. The lowest BCUT2D eigenvalue weighted by atomic mass is 10.2. The molecule has 0 radical (unpaired) electrons. The van der Waals surface area contributed by atoms with Crippen molar-refractivity contribution in [3.63, 3.8) is 0 Å². The highest BCUT2D eigenvalue weighted by Crippen LogP contribution is 2.21. The molecule has 4 heteroatoms. The fraction of sp³-hybridized carbons (Fsp3) is 0.462. The highest BCUT2D eigenvalue weighted by atomic mass is 16.5. The summed E-state index contributed by atoms with van der Waals surface area (Å²) in [6.45, 7) is 5.86. The molecule has 17 heavy (non-hydrogen) atoms. The Morgan fingerprint density at radius 3 is 2.35 bits per heavy atom. The molecule has 0 fully saturated rings. The van der Waals surface area contributed by atoms with Gasteiger partial charge < -0.3 is 9.47 Å². The molecule has 0 aromatic heterocycles. The average molecular weight is 237 g/mol. The van der Waals surface area contributed by atoms with Crippen molar-refractivity contribution >= 4 is 11.6 Å². The number of benzene rings is 1. The van der Waals surface area contributed by atoms with Crippen LogP contribution < -0.4 is 9.64 Å². The van der Waals surface area contributed by atoms with Gasteiger partial charge in [0.15, 0.2) is 0 Å². The molecule has 0 saturated carbocycles. The Morgan fingerprint density at radius 2 is 1.94 bits per heavy atom. The summed E-state index contributed by atoms with van der Waals surface area (Å²) in [5, 5.41) is 0. The van der Waals surface area contributed by atoms with Gasteiger partial charge in [0, 0.05) is 19.2 Å². The summed E-state index contributed by atoms with van der Waals surface area (Å²) >= 11 is 0. The van der Waals surface area contributed by atoms with Gasteiger partial charge in [-0.1, -0.05) is 0 Å². The Kier molecular flexibility index (Phi) is 4.97. The van der Waals surface area contributed by atoms with Crippen molar-refractivity contribution in [3.05, 3.63) is 24.3 Å². The standard InChI is InChI=1S/C13H19NO3/c1-5-17-11(3)14(10(2)15)12-6-8-13(16-4)9-7-12/h6-9,11H,5H2,1-4H3. The normalized spacial score (nSPS) is 12.0. The number of rotatable bonds is 5. The number of anilines is 1. The van der Waals surface area contributed by atoms with E-state index in [4.69, 9.17) is 9.47 Å². The van der Waals surface area contributed by atoms with Crippen LogP contribution in [0.4, 0.5) is 5.69 Å². The zero-order valence-electron chi connectivity index (χ0n) is 10.8. The molecule has 1 unspecified atom stereocenters. The molecule has 1 rings (SSSR count). The second-order valence-electron chi connectivity index (χ2n) is 3.64. The average Bonchev–Trinajstić information content (AvgIpc) is 2.30. The fourth-order valence-electron chi connectivity index (χ4n) is 1.71. The van der Waals surface area contributed by atoms with Gasteiger partial charge in [-0.2, -0.15) is 0 Å². The Labute approximate surface area is 102 Å². The second kappa shape index (κ2) is 6.25. The minimum absolute atomic E-state index is 0.0453. The van der Waals surface area contributed by atoms with Gasteiger partial charge in [-0.3, -0.25) is 9.69 Å². The lowest BCUT2D eigenvalue weighted by Gasteiger charge is -2.27. The SMILES string of the molecule is CCOC(C)N(C(C)=O)c1ccc(OC)cc1. The van der Waals surface area contributed by atoms with E-state index in [1.165, 1.54) is 6.92 Å². The summed E-state index contributed by atoms with van der Waals surface area (Å²) in [5.74, 6) is 0.720. The predicted molar refractivity (Wildman–Crippen MR) is 67.2 cm³/mol. The van der Waals surface area contributed by atoms with Crippen LogP contribution in [0.1, 0.15) is 20.8 Å². The van der Waals surface area contributed by atoms with Gasteiger partial charge >= 0.3 is 0 Å². The number of carbonyl (C=O) groups excluding carboxylic acids is 1. The maximum absolute atomic E-state index is 11.6. The molecule has 1 aromatic rings. The molecule has 0 aliphatic carbocycles. The van der Waals surface area contributed by atoms with Crippen LogP contribution in [0.15, 0.2) is 24.3 Å². The molecule has 0 bridgehead atoms. The zero-order valence-corrected chi connectivity index (χ0v) is 10.8. The summed E-state index contributed by atoms with van der Waals surface area (Å²) in [6.07, 6.45) is -0.272. The van der Waals surface area contributed by atoms with Crippen LogP contribution >= 0.6 is 0 Å². The fourth-order valence-corrected chi connectivity index (χ4v) is 1.71. The minimum Gasteiger partial charge on any atom is -0.497 e. The quantitative estimate of drug-likeness (QED) is 0.738. The van der Waals surface area contributed by atoms with Crippen LogP contribution in [-0.4, -0.2) is 25.9 Å². The number of nitrogens with zero attached hydrogens (tertiary/aromatic N) is 1. The Morgan fingerprint density at radius 1 is 1.35 bits per heavy atom. The largest absolute Gasteiger partial charge is 0.497 e. The molecule has 0 aliphatic rings. The Balaban J connectivity index is 2.93. The van der Waals surface area contributed by atoms with Gasteiger partial charge in [-0.05, 0) is 38.1 Å². The van der Waals surface area contributed by atoms with Gasteiger partial charge in [-0.15, -0.1) is 0 Å². The molecular formula is C13H19NO3. The molecule has 1 amide bonds. The van der Waals surface area contributed by atoms with E-state index in [9.17, 15) is 4.79 Å². The topological polar surface area (TPSA) is 38.8 Å². The van der Waals surface area contributed by atoms with E-state index in [0.29, 0.717) is 6.61 Å². The van der Waals surface area contributed by atoms with E-state index >= 15 is 0 Å². The van der Waals surface area contributed by atoms with E-state index in [0.717, 1.165) is 11.4 Å². The molecule has 4 nitrogen and oxygen atoms in total. The van der Waals surface area contributed by atoms with Crippen molar-refractivity contribution in [2.45, 2.75) is 27.0 Å². The Bertz CT molecular complexity index is 361. The number of amides is 1. The lowest BCUT2D eigenvalue weighted by molar-refractivity contribution is -0.119.